The highest BCUT2D eigenvalue weighted by atomic mass is 32.2. The van der Waals surface area contributed by atoms with Crippen molar-refractivity contribution in [2.45, 2.75) is 11.4 Å². The summed E-state index contributed by atoms with van der Waals surface area (Å²) in [5.41, 5.74) is 1.28. The number of fused-ring (bicyclic) bond motifs is 1. The first kappa shape index (κ1) is 17.0. The Morgan fingerprint density at radius 3 is 2.36 bits per heavy atom. The van der Waals surface area contributed by atoms with E-state index >= 15 is 0 Å². The number of hydrogen-bond donors (Lipinski definition) is 1. The average Bonchev–Trinajstić information content (AvgIpc) is 2.66. The van der Waals surface area contributed by atoms with Gasteiger partial charge in [0.15, 0.2) is 0 Å². The molecule has 0 aromatic heterocycles. The topological polar surface area (TPSA) is 79.2 Å². The summed E-state index contributed by atoms with van der Waals surface area (Å²) >= 11 is 0. The van der Waals surface area contributed by atoms with E-state index in [0.29, 0.717) is 5.56 Å². The second-order valence-electron chi connectivity index (χ2n) is 5.51. The van der Waals surface area contributed by atoms with Crippen molar-refractivity contribution in [2.75, 3.05) is 7.11 Å². The minimum Gasteiger partial charge on any atom is -0.497 e. The Hall–Kier alpha value is -2.88. The van der Waals surface area contributed by atoms with E-state index in [0.717, 1.165) is 22.1 Å². The zero-order valence-electron chi connectivity index (χ0n) is 13.6. The van der Waals surface area contributed by atoms with E-state index in [1.54, 1.807) is 7.11 Å². The largest absolute Gasteiger partial charge is 0.497 e. The van der Waals surface area contributed by atoms with E-state index in [4.69, 9.17) is 10.00 Å². The molecule has 126 valence electrons. The van der Waals surface area contributed by atoms with Crippen molar-refractivity contribution in [3.8, 4) is 11.8 Å². The summed E-state index contributed by atoms with van der Waals surface area (Å²) in [7, 11) is -2.01. The highest BCUT2D eigenvalue weighted by Gasteiger charge is 2.13. The molecule has 0 unspecified atom stereocenters. The Bertz CT molecular complexity index is 1050. The molecule has 0 fully saturated rings. The number of benzene rings is 3. The Kier molecular flexibility index (Phi) is 4.70. The summed E-state index contributed by atoms with van der Waals surface area (Å²) in [5, 5.41) is 10.8. The minimum atomic E-state index is -3.63. The molecular weight excluding hydrogens is 336 g/mol. The number of nitrogens with one attached hydrogen (secondary N) is 1. The van der Waals surface area contributed by atoms with Crippen LogP contribution in [-0.2, 0) is 16.6 Å². The second kappa shape index (κ2) is 6.93. The van der Waals surface area contributed by atoms with E-state index in [2.05, 4.69) is 4.72 Å². The number of sulfonamides is 1. The summed E-state index contributed by atoms with van der Waals surface area (Å²) in [5.74, 6) is 0.779. The quantitative estimate of drug-likeness (QED) is 0.765. The van der Waals surface area contributed by atoms with Crippen LogP contribution >= 0.6 is 0 Å². The van der Waals surface area contributed by atoms with Gasteiger partial charge >= 0.3 is 0 Å². The van der Waals surface area contributed by atoms with Gasteiger partial charge in [-0.1, -0.05) is 18.2 Å². The fourth-order valence-corrected chi connectivity index (χ4v) is 3.50. The van der Waals surface area contributed by atoms with Crippen molar-refractivity contribution in [3.05, 3.63) is 71.8 Å². The molecule has 0 saturated heterocycles. The number of methoxy groups -OCH3 is 1. The summed E-state index contributed by atoms with van der Waals surface area (Å²) in [4.78, 5) is 0.136. The third-order valence-corrected chi connectivity index (χ3v) is 5.29. The maximum Gasteiger partial charge on any atom is 0.240 e. The van der Waals surface area contributed by atoms with Crippen LogP contribution in [0, 0.1) is 11.3 Å². The molecule has 0 aliphatic carbocycles. The Labute approximate surface area is 146 Å². The minimum absolute atomic E-state index is 0.136. The van der Waals surface area contributed by atoms with Crippen LogP contribution in [0.1, 0.15) is 11.1 Å². The Morgan fingerprint density at radius 1 is 1.00 bits per heavy atom. The van der Waals surface area contributed by atoms with Crippen LogP contribution in [0.25, 0.3) is 10.8 Å². The first-order valence-corrected chi connectivity index (χ1v) is 9.07. The molecular formula is C19H16N2O3S. The molecule has 1 N–H and O–H groups in total. The lowest BCUT2D eigenvalue weighted by Crippen LogP contribution is -2.23. The van der Waals surface area contributed by atoms with E-state index in [1.165, 1.54) is 24.3 Å². The van der Waals surface area contributed by atoms with Crippen molar-refractivity contribution in [1.82, 2.24) is 4.72 Å². The third-order valence-electron chi connectivity index (χ3n) is 3.87. The molecule has 0 bridgehead atoms. The molecule has 0 aliphatic heterocycles. The molecule has 0 heterocycles. The van der Waals surface area contributed by atoms with Crippen LogP contribution in [0.2, 0.25) is 0 Å². The van der Waals surface area contributed by atoms with E-state index in [-0.39, 0.29) is 11.4 Å². The Balaban J connectivity index is 1.77. The lowest BCUT2D eigenvalue weighted by atomic mass is 10.1. The van der Waals surface area contributed by atoms with Gasteiger partial charge in [-0.25, -0.2) is 13.1 Å². The fourth-order valence-electron chi connectivity index (χ4n) is 2.48. The number of hydrogen-bond acceptors (Lipinski definition) is 4. The number of nitriles is 1. The predicted molar refractivity (Wildman–Crippen MR) is 95.7 cm³/mol. The van der Waals surface area contributed by atoms with Gasteiger partial charge in [0, 0.05) is 6.54 Å². The summed E-state index contributed by atoms with van der Waals surface area (Å²) in [6.45, 7) is 0.185. The van der Waals surface area contributed by atoms with Crippen molar-refractivity contribution in [1.29, 1.82) is 5.26 Å². The molecule has 3 rings (SSSR count). The van der Waals surface area contributed by atoms with Gasteiger partial charge in [-0.05, 0) is 58.8 Å². The molecule has 6 heteroatoms. The third kappa shape index (κ3) is 3.79. The van der Waals surface area contributed by atoms with Gasteiger partial charge in [0.1, 0.15) is 5.75 Å². The van der Waals surface area contributed by atoms with Crippen LogP contribution in [0.4, 0.5) is 0 Å². The van der Waals surface area contributed by atoms with Gasteiger partial charge < -0.3 is 4.74 Å². The molecule has 0 radical (unpaired) electrons. The van der Waals surface area contributed by atoms with Gasteiger partial charge in [-0.15, -0.1) is 0 Å². The molecule has 0 saturated carbocycles. The lowest BCUT2D eigenvalue weighted by Gasteiger charge is -2.08. The van der Waals surface area contributed by atoms with Crippen LogP contribution in [0.3, 0.4) is 0 Å². The predicted octanol–water partition coefficient (Wildman–Crippen LogP) is 3.20. The molecule has 5 nitrogen and oxygen atoms in total. The number of nitrogens with zero attached hydrogens (tertiary/aromatic N) is 1. The average molecular weight is 352 g/mol. The fraction of sp³-hybridized carbons (Fsp3) is 0.105. The second-order valence-corrected chi connectivity index (χ2v) is 7.28. The van der Waals surface area contributed by atoms with Crippen LogP contribution < -0.4 is 9.46 Å². The number of rotatable bonds is 5. The first-order valence-electron chi connectivity index (χ1n) is 7.58. The number of ether oxygens (including phenoxy) is 1. The van der Waals surface area contributed by atoms with Gasteiger partial charge in [-0.3, -0.25) is 0 Å². The van der Waals surface area contributed by atoms with Crippen molar-refractivity contribution >= 4 is 20.8 Å². The van der Waals surface area contributed by atoms with E-state index < -0.39 is 10.0 Å². The molecule has 0 amide bonds. The van der Waals surface area contributed by atoms with Gasteiger partial charge in [0.2, 0.25) is 10.0 Å². The molecule has 3 aromatic rings. The maximum atomic E-state index is 12.3. The maximum absolute atomic E-state index is 12.3. The summed E-state index contributed by atoms with van der Waals surface area (Å²) in [6.07, 6.45) is 0. The van der Waals surface area contributed by atoms with Crippen molar-refractivity contribution in [3.63, 3.8) is 0 Å². The SMILES string of the molecule is COc1ccc2cc(CNS(=O)(=O)c3ccc(C#N)cc3)ccc2c1. The Morgan fingerprint density at radius 2 is 1.68 bits per heavy atom. The highest BCUT2D eigenvalue weighted by molar-refractivity contribution is 7.89. The molecule has 25 heavy (non-hydrogen) atoms. The van der Waals surface area contributed by atoms with E-state index in [9.17, 15) is 8.42 Å². The monoisotopic (exact) mass is 352 g/mol. The molecule has 0 aliphatic rings. The molecule has 0 spiro atoms. The van der Waals surface area contributed by atoms with Gasteiger partial charge in [0.05, 0.1) is 23.6 Å². The molecule has 3 aromatic carbocycles. The molecule has 0 atom stereocenters. The first-order chi connectivity index (χ1) is 12.0. The summed E-state index contributed by atoms with van der Waals surface area (Å²) in [6, 6.07) is 19.3. The van der Waals surface area contributed by atoms with E-state index in [1.807, 2.05) is 42.5 Å². The van der Waals surface area contributed by atoms with Gasteiger partial charge in [0.25, 0.3) is 0 Å². The zero-order chi connectivity index (χ0) is 17.9. The van der Waals surface area contributed by atoms with Gasteiger partial charge in [-0.2, -0.15) is 5.26 Å². The standard InChI is InChI=1S/C19H16N2O3S/c1-24-18-7-6-16-10-15(2-5-17(16)11-18)13-21-25(22,23)19-8-3-14(12-20)4-9-19/h2-11,21H,13H2,1H3. The van der Waals surface area contributed by atoms with Crippen LogP contribution in [0.5, 0.6) is 5.75 Å². The van der Waals surface area contributed by atoms with Crippen LogP contribution in [0.15, 0.2) is 65.6 Å². The van der Waals surface area contributed by atoms with Crippen molar-refractivity contribution in [2.24, 2.45) is 0 Å². The summed E-state index contributed by atoms with van der Waals surface area (Å²) < 4.78 is 32.5. The zero-order valence-corrected chi connectivity index (χ0v) is 14.4. The van der Waals surface area contributed by atoms with Crippen molar-refractivity contribution < 1.29 is 13.2 Å². The van der Waals surface area contributed by atoms with Crippen LogP contribution in [-0.4, -0.2) is 15.5 Å². The smallest absolute Gasteiger partial charge is 0.240 e. The highest BCUT2D eigenvalue weighted by Crippen LogP contribution is 2.22. The lowest BCUT2D eigenvalue weighted by molar-refractivity contribution is 0.415. The normalized spacial score (nSPS) is 11.2.